The summed E-state index contributed by atoms with van der Waals surface area (Å²) < 4.78 is 24.0. The minimum absolute atomic E-state index is 0.0196. The Morgan fingerprint density at radius 1 is 1.29 bits per heavy atom. The molecule has 5 heteroatoms. The topological polar surface area (TPSA) is 63.3 Å². The lowest BCUT2D eigenvalue weighted by molar-refractivity contribution is -0.138. The van der Waals surface area contributed by atoms with Gasteiger partial charge in [-0.25, -0.2) is 8.78 Å². The molecule has 0 saturated heterocycles. The van der Waals surface area contributed by atoms with Gasteiger partial charge >= 0.3 is 5.97 Å². The van der Waals surface area contributed by atoms with E-state index in [1.165, 1.54) is 0 Å². The predicted molar refractivity (Wildman–Crippen MR) is 60.2 cm³/mol. The molecule has 0 aliphatic heterocycles. The van der Waals surface area contributed by atoms with Crippen LogP contribution in [0.15, 0.2) is 24.3 Å². The van der Waals surface area contributed by atoms with Gasteiger partial charge in [-0.15, -0.1) is 0 Å². The lowest BCUT2D eigenvalue weighted by atomic mass is 9.97. The summed E-state index contributed by atoms with van der Waals surface area (Å²) in [7, 11) is 0. The van der Waals surface area contributed by atoms with E-state index >= 15 is 0 Å². The van der Waals surface area contributed by atoms with Crippen LogP contribution in [0.2, 0.25) is 0 Å². The van der Waals surface area contributed by atoms with E-state index < -0.39 is 18.3 Å². The van der Waals surface area contributed by atoms with Gasteiger partial charge in [-0.05, 0) is 17.5 Å². The Bertz CT molecular complexity index is 365. The van der Waals surface area contributed by atoms with Gasteiger partial charge < -0.3 is 10.8 Å². The van der Waals surface area contributed by atoms with Crippen molar-refractivity contribution in [2.75, 3.05) is 6.54 Å². The van der Waals surface area contributed by atoms with Gasteiger partial charge in [0.15, 0.2) is 0 Å². The van der Waals surface area contributed by atoms with Crippen LogP contribution in [0.1, 0.15) is 23.5 Å². The van der Waals surface area contributed by atoms with Crippen LogP contribution in [0, 0.1) is 0 Å². The average Bonchev–Trinajstić information content (AvgIpc) is 2.28. The van der Waals surface area contributed by atoms with Gasteiger partial charge in [-0.1, -0.05) is 24.3 Å². The Kier molecular flexibility index (Phi) is 5.03. The van der Waals surface area contributed by atoms with Crippen molar-refractivity contribution in [3.63, 3.8) is 0 Å². The fraction of sp³-hybridized carbons (Fsp3) is 0.417. The summed E-state index contributed by atoms with van der Waals surface area (Å²) in [6.45, 7) is 0.0196. The van der Waals surface area contributed by atoms with Crippen molar-refractivity contribution in [1.29, 1.82) is 0 Å². The predicted octanol–water partition coefficient (Wildman–Crippen LogP) is 2.01. The smallest absolute Gasteiger partial charge is 0.312 e. The molecule has 0 aromatic heterocycles. The number of hydrogen-bond donors (Lipinski definition) is 2. The number of alkyl halides is 2. The number of nitrogens with two attached hydrogens (primary N) is 1. The van der Waals surface area contributed by atoms with E-state index in [-0.39, 0.29) is 19.4 Å². The first-order valence-corrected chi connectivity index (χ1v) is 5.34. The second-order valence-corrected chi connectivity index (χ2v) is 3.80. The highest BCUT2D eigenvalue weighted by Gasteiger charge is 2.17. The SMILES string of the molecule is NCC(C(=O)O)c1ccc(CCC(F)F)cc1. The number of carboxylic acids is 1. The molecule has 1 atom stereocenters. The lowest BCUT2D eigenvalue weighted by Gasteiger charge is -2.10. The van der Waals surface area contributed by atoms with Crippen molar-refractivity contribution in [2.24, 2.45) is 5.73 Å². The molecule has 0 aliphatic carbocycles. The second-order valence-electron chi connectivity index (χ2n) is 3.80. The number of rotatable bonds is 6. The maximum atomic E-state index is 12.0. The maximum Gasteiger partial charge on any atom is 0.312 e. The zero-order chi connectivity index (χ0) is 12.8. The zero-order valence-corrected chi connectivity index (χ0v) is 9.27. The van der Waals surface area contributed by atoms with Crippen LogP contribution in [-0.4, -0.2) is 24.0 Å². The average molecular weight is 243 g/mol. The highest BCUT2D eigenvalue weighted by atomic mass is 19.3. The van der Waals surface area contributed by atoms with E-state index in [9.17, 15) is 13.6 Å². The third kappa shape index (κ3) is 4.11. The van der Waals surface area contributed by atoms with E-state index in [0.717, 1.165) is 5.56 Å². The molecule has 94 valence electrons. The Labute approximate surface area is 98.2 Å². The molecule has 1 aromatic rings. The van der Waals surface area contributed by atoms with Crippen molar-refractivity contribution in [3.05, 3.63) is 35.4 Å². The highest BCUT2D eigenvalue weighted by molar-refractivity contribution is 5.76. The van der Waals surface area contributed by atoms with E-state index in [4.69, 9.17) is 10.8 Å². The summed E-state index contributed by atoms with van der Waals surface area (Å²) in [5.41, 5.74) is 6.73. The van der Waals surface area contributed by atoms with Gasteiger partial charge in [0.1, 0.15) is 0 Å². The largest absolute Gasteiger partial charge is 0.481 e. The molecule has 3 nitrogen and oxygen atoms in total. The molecular formula is C12H15F2NO2. The van der Waals surface area contributed by atoms with Gasteiger partial charge in [-0.3, -0.25) is 4.79 Å². The summed E-state index contributed by atoms with van der Waals surface area (Å²) in [6, 6.07) is 6.60. The van der Waals surface area contributed by atoms with Crippen LogP contribution >= 0.6 is 0 Å². The van der Waals surface area contributed by atoms with Gasteiger partial charge in [0.05, 0.1) is 5.92 Å². The monoisotopic (exact) mass is 243 g/mol. The van der Waals surface area contributed by atoms with E-state index in [1.807, 2.05) is 0 Å². The minimum Gasteiger partial charge on any atom is -0.481 e. The first kappa shape index (κ1) is 13.6. The molecule has 0 heterocycles. The van der Waals surface area contributed by atoms with Crippen molar-refractivity contribution >= 4 is 5.97 Å². The molecule has 0 radical (unpaired) electrons. The van der Waals surface area contributed by atoms with Gasteiger partial charge in [-0.2, -0.15) is 0 Å². The number of aryl methyl sites for hydroxylation is 1. The summed E-state index contributed by atoms with van der Waals surface area (Å²) in [4.78, 5) is 10.9. The molecule has 0 fully saturated rings. The number of hydrogen-bond acceptors (Lipinski definition) is 2. The lowest BCUT2D eigenvalue weighted by Crippen LogP contribution is -2.21. The highest BCUT2D eigenvalue weighted by Crippen LogP contribution is 2.17. The number of carbonyl (C=O) groups is 1. The third-order valence-corrected chi connectivity index (χ3v) is 2.57. The van der Waals surface area contributed by atoms with Gasteiger partial charge in [0, 0.05) is 13.0 Å². The summed E-state index contributed by atoms with van der Waals surface area (Å²) >= 11 is 0. The van der Waals surface area contributed by atoms with Crippen LogP contribution in [0.25, 0.3) is 0 Å². The first-order valence-electron chi connectivity index (χ1n) is 5.34. The van der Waals surface area contributed by atoms with Crippen LogP contribution in [0.5, 0.6) is 0 Å². The summed E-state index contributed by atoms with van der Waals surface area (Å²) in [5.74, 6) is -1.72. The molecule has 0 amide bonds. The maximum absolute atomic E-state index is 12.0. The van der Waals surface area contributed by atoms with E-state index in [1.54, 1.807) is 24.3 Å². The molecule has 0 saturated carbocycles. The fourth-order valence-corrected chi connectivity index (χ4v) is 1.57. The molecule has 0 spiro atoms. The number of benzene rings is 1. The third-order valence-electron chi connectivity index (χ3n) is 2.57. The number of carboxylic acid groups (broad SMARTS) is 1. The number of halogens is 2. The Hall–Kier alpha value is -1.49. The Morgan fingerprint density at radius 2 is 1.88 bits per heavy atom. The van der Waals surface area contributed by atoms with Gasteiger partial charge in [0.2, 0.25) is 6.43 Å². The van der Waals surface area contributed by atoms with Crippen molar-refractivity contribution in [1.82, 2.24) is 0 Å². The number of aliphatic carboxylic acids is 1. The molecule has 0 bridgehead atoms. The summed E-state index contributed by atoms with van der Waals surface area (Å²) in [5, 5.41) is 8.89. The minimum atomic E-state index is -2.31. The standard InChI is InChI=1S/C12H15F2NO2/c13-11(14)6-3-8-1-4-9(5-2-8)10(7-15)12(16)17/h1-2,4-5,10-11H,3,6-7,15H2,(H,16,17). The Morgan fingerprint density at radius 3 is 2.29 bits per heavy atom. The molecule has 1 rings (SSSR count). The fourth-order valence-electron chi connectivity index (χ4n) is 1.57. The van der Waals surface area contributed by atoms with Crippen LogP contribution in [-0.2, 0) is 11.2 Å². The Balaban J connectivity index is 2.70. The normalized spacial score (nSPS) is 12.7. The van der Waals surface area contributed by atoms with Crippen LogP contribution in [0.4, 0.5) is 8.78 Å². The molecular weight excluding hydrogens is 228 g/mol. The van der Waals surface area contributed by atoms with Crippen molar-refractivity contribution < 1.29 is 18.7 Å². The second kappa shape index (κ2) is 6.30. The quantitative estimate of drug-likeness (QED) is 0.803. The first-order chi connectivity index (χ1) is 8.04. The molecule has 1 unspecified atom stereocenters. The zero-order valence-electron chi connectivity index (χ0n) is 9.27. The van der Waals surface area contributed by atoms with E-state index in [0.29, 0.717) is 5.56 Å². The van der Waals surface area contributed by atoms with Crippen molar-refractivity contribution in [3.8, 4) is 0 Å². The molecule has 3 N–H and O–H groups in total. The van der Waals surface area contributed by atoms with Crippen LogP contribution < -0.4 is 5.73 Å². The molecule has 1 aromatic carbocycles. The van der Waals surface area contributed by atoms with Crippen LogP contribution in [0.3, 0.4) is 0 Å². The van der Waals surface area contributed by atoms with E-state index in [2.05, 4.69) is 0 Å². The van der Waals surface area contributed by atoms with Crippen molar-refractivity contribution in [2.45, 2.75) is 25.2 Å². The molecule has 0 aliphatic rings. The van der Waals surface area contributed by atoms with Gasteiger partial charge in [0.25, 0.3) is 0 Å². The summed E-state index contributed by atoms with van der Waals surface area (Å²) in [6.07, 6.45) is -2.21. The molecule has 17 heavy (non-hydrogen) atoms.